The van der Waals surface area contributed by atoms with E-state index in [2.05, 4.69) is 5.32 Å². The van der Waals surface area contributed by atoms with Crippen LogP contribution >= 0.6 is 12.4 Å². The largest absolute Gasteiger partial charge is 0.503 e. The van der Waals surface area contributed by atoms with Gasteiger partial charge in [0, 0.05) is 12.1 Å². The van der Waals surface area contributed by atoms with Gasteiger partial charge < -0.3 is 16.2 Å². The molecular weight excluding hydrogens is 309 g/mol. The molecule has 0 saturated carbocycles. The number of carbonyl (C=O) groups excluding carboxylic acids is 1. The number of phenolic OH excluding ortho intramolecular Hbond substituents is 1. The van der Waals surface area contributed by atoms with Crippen molar-refractivity contribution in [1.82, 2.24) is 5.32 Å². The number of hydrogen-bond donors (Lipinski definition) is 3. The average Bonchev–Trinajstić information content (AvgIpc) is 2.45. The number of nitrogens with one attached hydrogen (secondary N) is 1. The fourth-order valence-corrected chi connectivity index (χ4v) is 1.61. The lowest BCUT2D eigenvalue weighted by atomic mass is 9.94. The number of aromatic hydroxyl groups is 1. The number of carbonyl (C=O) groups is 1. The summed E-state index contributed by atoms with van der Waals surface area (Å²) in [5.41, 5.74) is 4.53. The minimum atomic E-state index is -1.73. The van der Waals surface area contributed by atoms with E-state index in [1.54, 1.807) is 0 Å². The van der Waals surface area contributed by atoms with Crippen molar-refractivity contribution in [2.45, 2.75) is 32.2 Å². The Morgan fingerprint density at radius 1 is 1.29 bits per heavy atom. The van der Waals surface area contributed by atoms with Gasteiger partial charge in [-0.1, -0.05) is 13.8 Å². The average molecular weight is 327 g/mol. The van der Waals surface area contributed by atoms with Gasteiger partial charge in [0.25, 0.3) is 5.91 Å². The number of rotatable bonds is 5. The van der Waals surface area contributed by atoms with Gasteiger partial charge in [-0.3, -0.25) is 4.79 Å². The van der Waals surface area contributed by atoms with Crippen LogP contribution in [0.5, 0.6) is 5.75 Å². The van der Waals surface area contributed by atoms with E-state index in [-0.39, 0.29) is 19.0 Å². The highest BCUT2D eigenvalue weighted by Gasteiger charge is 2.25. The van der Waals surface area contributed by atoms with Gasteiger partial charge in [0.2, 0.25) is 5.82 Å². The molecule has 4 N–H and O–H groups in total. The van der Waals surface area contributed by atoms with Crippen molar-refractivity contribution in [3.63, 3.8) is 0 Å². The molecular formula is C13H18ClF3N2O2. The zero-order chi connectivity index (χ0) is 15.5. The lowest BCUT2D eigenvalue weighted by Crippen LogP contribution is -2.49. The minimum Gasteiger partial charge on any atom is -0.503 e. The second-order valence-electron chi connectivity index (χ2n) is 4.63. The summed E-state index contributed by atoms with van der Waals surface area (Å²) in [6, 6.07) is 0.399. The Bertz CT molecular complexity index is 523. The third-order valence-electron chi connectivity index (χ3n) is 3.39. The molecule has 21 heavy (non-hydrogen) atoms. The van der Waals surface area contributed by atoms with Gasteiger partial charge >= 0.3 is 0 Å². The van der Waals surface area contributed by atoms with E-state index in [1.807, 2.05) is 13.8 Å². The van der Waals surface area contributed by atoms with Crippen LogP contribution in [0.15, 0.2) is 6.07 Å². The Hall–Kier alpha value is -1.47. The molecule has 0 bridgehead atoms. The van der Waals surface area contributed by atoms with E-state index >= 15 is 0 Å². The van der Waals surface area contributed by atoms with Crippen molar-refractivity contribution in [1.29, 1.82) is 0 Å². The lowest BCUT2D eigenvalue weighted by molar-refractivity contribution is 0.0936. The molecule has 120 valence electrons. The third-order valence-corrected chi connectivity index (χ3v) is 3.39. The maximum Gasteiger partial charge on any atom is 0.254 e. The highest BCUT2D eigenvalue weighted by atomic mass is 35.5. The maximum atomic E-state index is 13.5. The summed E-state index contributed by atoms with van der Waals surface area (Å²) in [5, 5.41) is 11.4. The molecule has 0 radical (unpaired) electrons. The Morgan fingerprint density at radius 2 is 1.81 bits per heavy atom. The molecule has 0 aromatic heterocycles. The Labute approximate surface area is 126 Å². The summed E-state index contributed by atoms with van der Waals surface area (Å²) in [6.07, 6.45) is 1.16. The molecule has 0 unspecified atom stereocenters. The predicted octanol–water partition coefficient (Wildman–Crippen LogP) is 2.48. The van der Waals surface area contributed by atoms with E-state index in [0.717, 1.165) is 0 Å². The van der Waals surface area contributed by atoms with Gasteiger partial charge in [-0.2, -0.15) is 4.39 Å². The summed E-state index contributed by atoms with van der Waals surface area (Å²) in [7, 11) is 0. The van der Waals surface area contributed by atoms with Crippen LogP contribution in [-0.2, 0) is 0 Å². The van der Waals surface area contributed by atoms with Crippen molar-refractivity contribution < 1.29 is 23.1 Å². The summed E-state index contributed by atoms with van der Waals surface area (Å²) in [4.78, 5) is 11.8. The molecule has 0 fully saturated rings. The molecule has 1 rings (SSSR count). The van der Waals surface area contributed by atoms with Crippen molar-refractivity contribution in [3.8, 4) is 5.75 Å². The van der Waals surface area contributed by atoms with Gasteiger partial charge in [-0.25, -0.2) is 8.78 Å². The van der Waals surface area contributed by atoms with Gasteiger partial charge in [-0.15, -0.1) is 12.4 Å². The van der Waals surface area contributed by atoms with E-state index in [1.165, 1.54) is 0 Å². The van der Waals surface area contributed by atoms with E-state index in [4.69, 9.17) is 10.8 Å². The van der Waals surface area contributed by atoms with E-state index in [9.17, 15) is 18.0 Å². The standard InChI is InChI=1S/C13H17F3N2O2.ClH/c1-3-13(17,4-2)6-18-12(20)7-5-8(14)10(16)11(19)9(7)15;/h5,19H,3-4,6,17H2,1-2H3,(H,18,20);1H. The number of halogens is 4. The second-order valence-corrected chi connectivity index (χ2v) is 4.63. The fourth-order valence-electron chi connectivity index (χ4n) is 1.61. The zero-order valence-corrected chi connectivity index (χ0v) is 12.5. The molecule has 0 heterocycles. The normalized spacial score (nSPS) is 11.0. The molecule has 0 spiro atoms. The Morgan fingerprint density at radius 3 is 2.29 bits per heavy atom. The van der Waals surface area contributed by atoms with Crippen LogP contribution < -0.4 is 11.1 Å². The summed E-state index contributed by atoms with van der Waals surface area (Å²) in [5.74, 6) is -7.21. The Kier molecular flexibility index (Phi) is 6.99. The molecule has 0 atom stereocenters. The molecule has 4 nitrogen and oxygen atoms in total. The summed E-state index contributed by atoms with van der Waals surface area (Å²) >= 11 is 0. The topological polar surface area (TPSA) is 75.3 Å². The number of hydrogen-bond acceptors (Lipinski definition) is 3. The molecule has 1 aromatic rings. The van der Waals surface area contributed by atoms with Crippen LogP contribution in [-0.4, -0.2) is 23.1 Å². The summed E-state index contributed by atoms with van der Waals surface area (Å²) < 4.78 is 39.5. The zero-order valence-electron chi connectivity index (χ0n) is 11.7. The number of amides is 1. The van der Waals surface area contributed by atoms with Crippen LogP contribution in [0, 0.1) is 17.5 Å². The van der Waals surface area contributed by atoms with Crippen LogP contribution in [0.1, 0.15) is 37.0 Å². The first-order chi connectivity index (χ1) is 9.25. The molecule has 0 saturated heterocycles. The van der Waals surface area contributed by atoms with Gasteiger partial charge in [0.1, 0.15) is 0 Å². The first kappa shape index (κ1) is 19.5. The van der Waals surface area contributed by atoms with Gasteiger partial charge in [0.05, 0.1) is 5.56 Å². The second kappa shape index (κ2) is 7.51. The molecule has 0 aliphatic carbocycles. The van der Waals surface area contributed by atoms with Gasteiger partial charge in [-0.05, 0) is 18.9 Å². The van der Waals surface area contributed by atoms with E-state index < -0.39 is 40.2 Å². The van der Waals surface area contributed by atoms with Crippen LogP contribution in [0.25, 0.3) is 0 Å². The van der Waals surface area contributed by atoms with Crippen molar-refractivity contribution in [2.24, 2.45) is 5.73 Å². The summed E-state index contributed by atoms with van der Waals surface area (Å²) in [6.45, 7) is 3.72. The maximum absolute atomic E-state index is 13.5. The number of benzene rings is 1. The predicted molar refractivity (Wildman–Crippen MR) is 75.1 cm³/mol. The van der Waals surface area contributed by atoms with Crippen molar-refractivity contribution >= 4 is 18.3 Å². The van der Waals surface area contributed by atoms with Crippen molar-refractivity contribution in [3.05, 3.63) is 29.1 Å². The smallest absolute Gasteiger partial charge is 0.254 e. The van der Waals surface area contributed by atoms with Crippen LogP contribution in [0.4, 0.5) is 13.2 Å². The first-order valence-electron chi connectivity index (χ1n) is 6.19. The SMILES string of the molecule is CCC(N)(CC)CNC(=O)c1cc(F)c(F)c(O)c1F.Cl. The lowest BCUT2D eigenvalue weighted by Gasteiger charge is -2.26. The first-order valence-corrected chi connectivity index (χ1v) is 6.19. The highest BCUT2D eigenvalue weighted by Crippen LogP contribution is 2.25. The van der Waals surface area contributed by atoms with E-state index in [0.29, 0.717) is 18.9 Å². The van der Waals surface area contributed by atoms with Gasteiger partial charge in [0.15, 0.2) is 17.4 Å². The molecule has 0 aliphatic rings. The monoisotopic (exact) mass is 326 g/mol. The molecule has 8 heteroatoms. The third kappa shape index (κ3) is 4.25. The number of phenols is 1. The highest BCUT2D eigenvalue weighted by molar-refractivity contribution is 5.95. The van der Waals surface area contributed by atoms with Crippen LogP contribution in [0.3, 0.4) is 0 Å². The molecule has 0 aliphatic heterocycles. The van der Waals surface area contributed by atoms with Crippen LogP contribution in [0.2, 0.25) is 0 Å². The molecule has 1 amide bonds. The minimum absolute atomic E-state index is 0. The Balaban J connectivity index is 0.00000400. The quantitative estimate of drug-likeness (QED) is 0.728. The number of nitrogens with two attached hydrogens (primary N) is 1. The van der Waals surface area contributed by atoms with Crippen molar-refractivity contribution in [2.75, 3.05) is 6.54 Å². The fraction of sp³-hybridized carbons (Fsp3) is 0.462. The molecule has 1 aromatic carbocycles.